The highest BCUT2D eigenvalue weighted by molar-refractivity contribution is 6.01. The SMILES string of the molecule is O=C1NC(c2cn[nH]c2-c2ccc3c(c2)OCCO3)Nc2ccccc21. The molecule has 7 heteroatoms. The summed E-state index contributed by atoms with van der Waals surface area (Å²) in [6.45, 7) is 1.09. The summed E-state index contributed by atoms with van der Waals surface area (Å²) in [6.07, 6.45) is 1.34. The molecule has 2 aromatic carbocycles. The molecular formula is C19H16N4O3. The first-order chi connectivity index (χ1) is 12.8. The summed E-state index contributed by atoms with van der Waals surface area (Å²) < 4.78 is 11.2. The Morgan fingerprint density at radius 1 is 1.00 bits per heavy atom. The van der Waals surface area contributed by atoms with Crippen LogP contribution in [0.2, 0.25) is 0 Å². The molecule has 0 saturated heterocycles. The largest absolute Gasteiger partial charge is 0.486 e. The molecule has 2 aliphatic rings. The first-order valence-electron chi connectivity index (χ1n) is 8.39. The minimum absolute atomic E-state index is 0.112. The van der Waals surface area contributed by atoms with E-state index in [9.17, 15) is 4.79 Å². The number of nitrogens with zero attached hydrogens (tertiary/aromatic N) is 1. The van der Waals surface area contributed by atoms with Gasteiger partial charge in [-0.05, 0) is 30.3 Å². The Hall–Kier alpha value is -3.48. The number of amides is 1. The number of nitrogens with one attached hydrogen (secondary N) is 3. The zero-order valence-corrected chi connectivity index (χ0v) is 13.8. The fraction of sp³-hybridized carbons (Fsp3) is 0.158. The van der Waals surface area contributed by atoms with Crippen molar-refractivity contribution in [3.63, 3.8) is 0 Å². The van der Waals surface area contributed by atoms with Crippen LogP contribution in [-0.4, -0.2) is 29.3 Å². The smallest absolute Gasteiger partial charge is 0.255 e. The van der Waals surface area contributed by atoms with Crippen LogP contribution in [-0.2, 0) is 0 Å². The quantitative estimate of drug-likeness (QED) is 0.663. The van der Waals surface area contributed by atoms with Crippen LogP contribution in [0.5, 0.6) is 11.5 Å². The Kier molecular flexibility index (Phi) is 3.31. The number of carbonyl (C=O) groups excluding carboxylic acids is 1. The van der Waals surface area contributed by atoms with Gasteiger partial charge in [-0.3, -0.25) is 9.89 Å². The molecule has 0 spiro atoms. The fourth-order valence-corrected chi connectivity index (χ4v) is 3.31. The van der Waals surface area contributed by atoms with Crippen LogP contribution in [0.4, 0.5) is 5.69 Å². The van der Waals surface area contributed by atoms with Gasteiger partial charge in [0.05, 0.1) is 17.5 Å². The topological polar surface area (TPSA) is 88.3 Å². The molecule has 1 aromatic heterocycles. The van der Waals surface area contributed by atoms with Crippen LogP contribution >= 0.6 is 0 Å². The third kappa shape index (κ3) is 2.36. The van der Waals surface area contributed by atoms with E-state index in [1.165, 1.54) is 0 Å². The van der Waals surface area contributed by atoms with Gasteiger partial charge in [0.25, 0.3) is 5.91 Å². The Bertz CT molecular complexity index is 998. The number of hydrogen-bond acceptors (Lipinski definition) is 5. The zero-order chi connectivity index (χ0) is 17.5. The molecule has 3 aromatic rings. The van der Waals surface area contributed by atoms with Crippen LogP contribution in [0, 0.1) is 0 Å². The van der Waals surface area contributed by atoms with Crippen molar-refractivity contribution in [2.75, 3.05) is 18.5 Å². The monoisotopic (exact) mass is 348 g/mol. The number of rotatable bonds is 2. The minimum atomic E-state index is -0.376. The number of anilines is 1. The van der Waals surface area contributed by atoms with Gasteiger partial charge in [-0.25, -0.2) is 0 Å². The van der Waals surface area contributed by atoms with Crippen molar-refractivity contribution >= 4 is 11.6 Å². The number of aromatic amines is 1. The van der Waals surface area contributed by atoms with E-state index >= 15 is 0 Å². The second kappa shape index (κ2) is 5.80. The molecule has 0 bridgehead atoms. The maximum atomic E-state index is 12.4. The highest BCUT2D eigenvalue weighted by atomic mass is 16.6. The van der Waals surface area contributed by atoms with E-state index in [1.807, 2.05) is 36.4 Å². The van der Waals surface area contributed by atoms with Gasteiger partial charge in [0.1, 0.15) is 19.4 Å². The van der Waals surface area contributed by atoms with E-state index in [4.69, 9.17) is 9.47 Å². The number of carbonyl (C=O) groups is 1. The van der Waals surface area contributed by atoms with Gasteiger partial charge in [-0.2, -0.15) is 5.10 Å². The van der Waals surface area contributed by atoms with E-state index in [-0.39, 0.29) is 12.1 Å². The maximum absolute atomic E-state index is 12.4. The zero-order valence-electron chi connectivity index (χ0n) is 13.8. The third-order valence-corrected chi connectivity index (χ3v) is 4.56. The predicted molar refractivity (Wildman–Crippen MR) is 95.3 cm³/mol. The van der Waals surface area contributed by atoms with Gasteiger partial charge in [0, 0.05) is 16.8 Å². The van der Waals surface area contributed by atoms with E-state index in [2.05, 4.69) is 20.8 Å². The summed E-state index contributed by atoms with van der Waals surface area (Å²) in [5, 5.41) is 13.5. The van der Waals surface area contributed by atoms with Gasteiger partial charge < -0.3 is 20.1 Å². The first kappa shape index (κ1) is 14.8. The molecule has 0 fully saturated rings. The first-order valence-corrected chi connectivity index (χ1v) is 8.39. The van der Waals surface area contributed by atoms with Crippen molar-refractivity contribution in [2.45, 2.75) is 6.17 Å². The number of benzene rings is 2. The second-order valence-electron chi connectivity index (χ2n) is 6.16. The standard InChI is InChI=1S/C19H16N4O3/c24-19-12-3-1-2-4-14(12)21-18(22-19)13-10-20-23-17(13)11-5-6-15-16(9-11)26-8-7-25-15/h1-6,9-10,18,21H,7-8H2,(H,20,23)(H,22,24). The van der Waals surface area contributed by atoms with Gasteiger partial charge >= 0.3 is 0 Å². The number of hydrogen-bond donors (Lipinski definition) is 3. The minimum Gasteiger partial charge on any atom is -0.486 e. The maximum Gasteiger partial charge on any atom is 0.255 e. The van der Waals surface area contributed by atoms with Crippen LogP contribution in [0.15, 0.2) is 48.7 Å². The fourth-order valence-electron chi connectivity index (χ4n) is 3.31. The summed E-state index contributed by atoms with van der Waals surface area (Å²) in [5.41, 5.74) is 4.02. The molecule has 0 radical (unpaired) electrons. The van der Waals surface area contributed by atoms with Crippen molar-refractivity contribution in [1.29, 1.82) is 0 Å². The van der Waals surface area contributed by atoms with Gasteiger partial charge in [-0.1, -0.05) is 12.1 Å². The van der Waals surface area contributed by atoms with Crippen LogP contribution in [0.25, 0.3) is 11.3 Å². The summed E-state index contributed by atoms with van der Waals surface area (Å²) in [5.74, 6) is 1.33. The van der Waals surface area contributed by atoms with E-state index < -0.39 is 0 Å². The van der Waals surface area contributed by atoms with Crippen molar-refractivity contribution < 1.29 is 14.3 Å². The van der Waals surface area contributed by atoms with Crippen molar-refractivity contribution in [3.05, 3.63) is 59.8 Å². The number of fused-ring (bicyclic) bond motifs is 2. The summed E-state index contributed by atoms with van der Waals surface area (Å²) in [6, 6.07) is 13.2. The Morgan fingerprint density at radius 3 is 2.77 bits per heavy atom. The molecule has 7 nitrogen and oxygen atoms in total. The molecule has 1 amide bonds. The number of H-pyrrole nitrogens is 1. The third-order valence-electron chi connectivity index (χ3n) is 4.56. The number of aromatic nitrogens is 2. The average molecular weight is 348 g/mol. The number of para-hydroxylation sites is 1. The molecular weight excluding hydrogens is 332 g/mol. The van der Waals surface area contributed by atoms with Crippen molar-refractivity contribution in [2.24, 2.45) is 0 Å². The van der Waals surface area contributed by atoms with E-state index in [1.54, 1.807) is 12.3 Å². The van der Waals surface area contributed by atoms with Crippen molar-refractivity contribution in [3.8, 4) is 22.8 Å². The van der Waals surface area contributed by atoms with Gasteiger partial charge in [0.2, 0.25) is 0 Å². The molecule has 1 unspecified atom stereocenters. The lowest BCUT2D eigenvalue weighted by atomic mass is 10.0. The molecule has 0 aliphatic carbocycles. The predicted octanol–water partition coefficient (Wildman–Crippen LogP) is 2.70. The Balaban J connectivity index is 1.52. The lowest BCUT2D eigenvalue weighted by molar-refractivity contribution is 0.0936. The van der Waals surface area contributed by atoms with Crippen LogP contribution in [0.1, 0.15) is 22.1 Å². The molecule has 2 aliphatic heterocycles. The van der Waals surface area contributed by atoms with Gasteiger partial charge in [0.15, 0.2) is 11.5 Å². The second-order valence-corrected chi connectivity index (χ2v) is 6.16. The highest BCUT2D eigenvalue weighted by Crippen LogP contribution is 2.37. The lowest BCUT2D eigenvalue weighted by Crippen LogP contribution is -2.38. The molecule has 0 saturated carbocycles. The molecule has 26 heavy (non-hydrogen) atoms. The molecule has 3 heterocycles. The normalized spacial score (nSPS) is 17.8. The molecule has 130 valence electrons. The highest BCUT2D eigenvalue weighted by Gasteiger charge is 2.27. The van der Waals surface area contributed by atoms with E-state index in [0.29, 0.717) is 24.5 Å². The lowest BCUT2D eigenvalue weighted by Gasteiger charge is -2.28. The van der Waals surface area contributed by atoms with Crippen LogP contribution in [0.3, 0.4) is 0 Å². The van der Waals surface area contributed by atoms with Gasteiger partial charge in [-0.15, -0.1) is 0 Å². The summed E-state index contributed by atoms with van der Waals surface area (Å²) in [4.78, 5) is 12.4. The summed E-state index contributed by atoms with van der Waals surface area (Å²) in [7, 11) is 0. The Labute approximate surface area is 149 Å². The van der Waals surface area contributed by atoms with E-state index in [0.717, 1.165) is 28.3 Å². The van der Waals surface area contributed by atoms with Crippen LogP contribution < -0.4 is 20.1 Å². The Morgan fingerprint density at radius 2 is 1.85 bits per heavy atom. The van der Waals surface area contributed by atoms with Crippen molar-refractivity contribution in [1.82, 2.24) is 15.5 Å². The number of ether oxygens (including phenoxy) is 2. The molecule has 5 rings (SSSR count). The summed E-state index contributed by atoms with van der Waals surface area (Å²) >= 11 is 0. The molecule has 1 atom stereocenters. The molecule has 3 N–H and O–H groups in total. The average Bonchev–Trinajstić information content (AvgIpc) is 3.17.